The van der Waals surface area contributed by atoms with Crippen LogP contribution in [0.25, 0.3) is 0 Å². The minimum atomic E-state index is -0.830. The quantitative estimate of drug-likeness (QED) is 0.786. The van der Waals surface area contributed by atoms with Crippen molar-refractivity contribution in [1.82, 2.24) is 4.90 Å². The Kier molecular flexibility index (Phi) is 3.80. The minimum absolute atomic E-state index is 0.0432. The number of halogens is 1. The number of hydrogen-bond acceptors (Lipinski definition) is 3. The molecule has 1 aliphatic rings. The van der Waals surface area contributed by atoms with Crippen LogP contribution in [0.3, 0.4) is 0 Å². The highest BCUT2D eigenvalue weighted by Crippen LogP contribution is 2.35. The van der Waals surface area contributed by atoms with Crippen molar-refractivity contribution >= 4 is 0 Å². The summed E-state index contributed by atoms with van der Waals surface area (Å²) in [6.45, 7) is 5.54. The van der Waals surface area contributed by atoms with Crippen molar-refractivity contribution in [3.05, 3.63) is 48.3 Å². The first-order chi connectivity index (χ1) is 8.61. The van der Waals surface area contributed by atoms with Gasteiger partial charge in [-0.2, -0.15) is 0 Å². The number of aliphatic hydroxyl groups is 1. The van der Waals surface area contributed by atoms with Gasteiger partial charge in [0.2, 0.25) is 0 Å². The molecule has 0 radical (unpaired) electrons. The topological polar surface area (TPSA) is 49.5 Å². The van der Waals surface area contributed by atoms with E-state index in [0.29, 0.717) is 25.2 Å². The first-order valence-corrected chi connectivity index (χ1v) is 6.10. The lowest BCUT2D eigenvalue weighted by atomic mass is 9.81. The molecule has 1 fully saturated rings. The van der Waals surface area contributed by atoms with Gasteiger partial charge in [0.05, 0.1) is 5.54 Å². The smallest absolute Gasteiger partial charge is 0.128 e. The second kappa shape index (κ2) is 5.18. The SMILES string of the molecule is C=CCN1CC(CO)C(N)(c2ccccc2F)C1. The molecular weight excluding hydrogens is 231 g/mol. The molecule has 2 atom stereocenters. The molecule has 0 aliphatic carbocycles. The lowest BCUT2D eigenvalue weighted by Gasteiger charge is -2.30. The maximum atomic E-state index is 13.9. The molecule has 1 aromatic rings. The Morgan fingerprint density at radius 2 is 2.28 bits per heavy atom. The summed E-state index contributed by atoms with van der Waals surface area (Å²) in [5, 5.41) is 9.48. The van der Waals surface area contributed by atoms with Crippen molar-refractivity contribution < 1.29 is 9.50 Å². The predicted molar refractivity (Wildman–Crippen MR) is 69.5 cm³/mol. The van der Waals surface area contributed by atoms with E-state index in [4.69, 9.17) is 5.73 Å². The second-order valence-electron chi connectivity index (χ2n) is 4.88. The van der Waals surface area contributed by atoms with Gasteiger partial charge in [-0.3, -0.25) is 4.90 Å². The van der Waals surface area contributed by atoms with Gasteiger partial charge in [0.1, 0.15) is 5.82 Å². The fourth-order valence-electron chi connectivity index (χ4n) is 2.72. The molecule has 3 nitrogen and oxygen atoms in total. The zero-order valence-corrected chi connectivity index (χ0v) is 10.3. The highest BCUT2D eigenvalue weighted by atomic mass is 19.1. The van der Waals surface area contributed by atoms with Gasteiger partial charge in [0, 0.05) is 37.7 Å². The van der Waals surface area contributed by atoms with E-state index >= 15 is 0 Å². The van der Waals surface area contributed by atoms with Crippen LogP contribution in [0.5, 0.6) is 0 Å². The van der Waals surface area contributed by atoms with Crippen LogP contribution in [0.15, 0.2) is 36.9 Å². The molecule has 1 saturated heterocycles. The summed E-state index contributed by atoms with van der Waals surface area (Å²) in [6.07, 6.45) is 1.79. The van der Waals surface area contributed by atoms with Crippen LogP contribution in [0.2, 0.25) is 0 Å². The summed E-state index contributed by atoms with van der Waals surface area (Å²) in [5.74, 6) is -0.465. The third-order valence-electron chi connectivity index (χ3n) is 3.68. The molecule has 0 spiro atoms. The van der Waals surface area contributed by atoms with Gasteiger partial charge >= 0.3 is 0 Å². The van der Waals surface area contributed by atoms with E-state index in [0.717, 1.165) is 0 Å². The fraction of sp³-hybridized carbons (Fsp3) is 0.429. The standard InChI is InChI=1S/C14H19FN2O/c1-2-7-17-8-11(9-18)14(16,10-17)12-5-3-4-6-13(12)15/h2-6,11,18H,1,7-10,16H2. The summed E-state index contributed by atoms with van der Waals surface area (Å²) < 4.78 is 13.9. The Hall–Kier alpha value is -1.23. The van der Waals surface area contributed by atoms with E-state index in [2.05, 4.69) is 11.5 Å². The highest BCUT2D eigenvalue weighted by molar-refractivity contribution is 5.29. The van der Waals surface area contributed by atoms with Crippen LogP contribution < -0.4 is 5.73 Å². The largest absolute Gasteiger partial charge is 0.396 e. The van der Waals surface area contributed by atoms with E-state index < -0.39 is 5.54 Å². The van der Waals surface area contributed by atoms with E-state index in [9.17, 15) is 9.50 Å². The fourth-order valence-corrected chi connectivity index (χ4v) is 2.72. The van der Waals surface area contributed by atoms with Crippen molar-refractivity contribution in [3.63, 3.8) is 0 Å². The van der Waals surface area contributed by atoms with Crippen molar-refractivity contribution in [2.45, 2.75) is 5.54 Å². The molecule has 3 N–H and O–H groups in total. The second-order valence-corrected chi connectivity index (χ2v) is 4.88. The van der Waals surface area contributed by atoms with Crippen molar-refractivity contribution in [3.8, 4) is 0 Å². The molecule has 1 aliphatic heterocycles. The lowest BCUT2D eigenvalue weighted by Crippen LogP contribution is -2.46. The summed E-state index contributed by atoms with van der Waals surface area (Å²) in [6, 6.07) is 6.54. The average molecular weight is 250 g/mol. The van der Waals surface area contributed by atoms with Crippen LogP contribution in [0.4, 0.5) is 4.39 Å². The molecule has 4 heteroatoms. The van der Waals surface area contributed by atoms with E-state index in [1.165, 1.54) is 6.07 Å². The first kappa shape index (κ1) is 13.2. The molecule has 98 valence electrons. The minimum Gasteiger partial charge on any atom is -0.396 e. The predicted octanol–water partition coefficient (Wildman–Crippen LogP) is 1.09. The van der Waals surface area contributed by atoms with Crippen molar-refractivity contribution in [2.24, 2.45) is 11.7 Å². The van der Waals surface area contributed by atoms with Gasteiger partial charge in [0.15, 0.2) is 0 Å². The van der Waals surface area contributed by atoms with Gasteiger partial charge in [-0.25, -0.2) is 4.39 Å². The Balaban J connectivity index is 2.34. The van der Waals surface area contributed by atoms with Gasteiger partial charge in [-0.15, -0.1) is 6.58 Å². The normalized spacial score (nSPS) is 28.5. The Bertz CT molecular complexity index is 438. The number of nitrogens with zero attached hydrogens (tertiary/aromatic N) is 1. The zero-order chi connectivity index (χ0) is 13.2. The van der Waals surface area contributed by atoms with Crippen LogP contribution >= 0.6 is 0 Å². The van der Waals surface area contributed by atoms with Crippen molar-refractivity contribution in [1.29, 1.82) is 0 Å². The maximum Gasteiger partial charge on any atom is 0.128 e. The Morgan fingerprint density at radius 3 is 2.89 bits per heavy atom. The van der Waals surface area contributed by atoms with Crippen LogP contribution in [-0.2, 0) is 5.54 Å². The third-order valence-corrected chi connectivity index (χ3v) is 3.68. The maximum absolute atomic E-state index is 13.9. The number of nitrogens with two attached hydrogens (primary N) is 1. The van der Waals surface area contributed by atoms with Crippen molar-refractivity contribution in [2.75, 3.05) is 26.2 Å². The van der Waals surface area contributed by atoms with Crippen LogP contribution in [0.1, 0.15) is 5.56 Å². The van der Waals surface area contributed by atoms with Crippen LogP contribution in [-0.4, -0.2) is 36.2 Å². The van der Waals surface area contributed by atoms with Gasteiger partial charge in [-0.1, -0.05) is 24.3 Å². The highest BCUT2D eigenvalue weighted by Gasteiger charge is 2.45. The first-order valence-electron chi connectivity index (χ1n) is 6.10. The zero-order valence-electron chi connectivity index (χ0n) is 10.3. The molecule has 2 rings (SSSR count). The molecule has 1 aromatic carbocycles. The summed E-state index contributed by atoms with van der Waals surface area (Å²) in [5.41, 5.74) is 6.03. The Morgan fingerprint density at radius 1 is 1.56 bits per heavy atom. The third kappa shape index (κ3) is 2.19. The van der Waals surface area contributed by atoms with E-state index in [-0.39, 0.29) is 18.3 Å². The number of rotatable bonds is 4. The van der Waals surface area contributed by atoms with Crippen LogP contribution in [0, 0.1) is 11.7 Å². The molecule has 0 aromatic heterocycles. The monoisotopic (exact) mass is 250 g/mol. The van der Waals surface area contributed by atoms with Gasteiger partial charge < -0.3 is 10.8 Å². The number of likely N-dealkylation sites (tertiary alicyclic amines) is 1. The summed E-state index contributed by atoms with van der Waals surface area (Å²) in [7, 11) is 0. The molecule has 2 unspecified atom stereocenters. The van der Waals surface area contributed by atoms with E-state index in [1.54, 1.807) is 24.3 Å². The summed E-state index contributed by atoms with van der Waals surface area (Å²) in [4.78, 5) is 2.08. The lowest BCUT2D eigenvalue weighted by molar-refractivity contribution is 0.183. The van der Waals surface area contributed by atoms with Gasteiger partial charge in [0.25, 0.3) is 0 Å². The van der Waals surface area contributed by atoms with Gasteiger partial charge in [-0.05, 0) is 6.07 Å². The number of hydrogen-bond donors (Lipinski definition) is 2. The molecular formula is C14H19FN2O. The number of aliphatic hydroxyl groups excluding tert-OH is 1. The summed E-state index contributed by atoms with van der Waals surface area (Å²) >= 11 is 0. The molecule has 0 amide bonds. The molecule has 0 saturated carbocycles. The average Bonchev–Trinajstić information content (AvgIpc) is 2.67. The Labute approximate surface area is 107 Å². The molecule has 18 heavy (non-hydrogen) atoms. The number of benzene rings is 1. The molecule has 0 bridgehead atoms. The van der Waals surface area contributed by atoms with E-state index in [1.807, 2.05) is 0 Å². The molecule has 1 heterocycles.